The number of ether oxygens (including phenoxy) is 2. The largest absolute Gasteiger partial charge is 0.497 e. The molecule has 2 amide bonds. The number of amides is 2. The second kappa shape index (κ2) is 10.6. The van der Waals surface area contributed by atoms with Crippen LogP contribution >= 0.6 is 0 Å². The quantitative estimate of drug-likeness (QED) is 0.696. The molecule has 0 atom stereocenters. The van der Waals surface area contributed by atoms with Crippen molar-refractivity contribution in [2.24, 2.45) is 0 Å². The Hall–Kier alpha value is -3.26. The first kappa shape index (κ1) is 22.9. The summed E-state index contributed by atoms with van der Waals surface area (Å²) in [6, 6.07) is 13.2. The third-order valence-corrected chi connectivity index (χ3v) is 6.25. The van der Waals surface area contributed by atoms with Gasteiger partial charge in [-0.3, -0.25) is 14.5 Å². The maximum atomic E-state index is 12.9. The number of anilines is 2. The minimum Gasteiger partial charge on any atom is -0.497 e. The first-order valence-electron chi connectivity index (χ1n) is 11.5. The van der Waals surface area contributed by atoms with E-state index in [9.17, 15) is 9.59 Å². The lowest BCUT2D eigenvalue weighted by Gasteiger charge is -2.34. The monoisotopic (exact) mass is 452 g/mol. The van der Waals surface area contributed by atoms with Crippen molar-refractivity contribution in [2.45, 2.75) is 12.8 Å². The molecule has 0 aromatic heterocycles. The Morgan fingerprint density at radius 2 is 1.45 bits per heavy atom. The van der Waals surface area contributed by atoms with Crippen LogP contribution in [0.3, 0.4) is 0 Å². The van der Waals surface area contributed by atoms with Crippen molar-refractivity contribution in [2.75, 3.05) is 70.2 Å². The van der Waals surface area contributed by atoms with Crippen LogP contribution in [-0.4, -0.2) is 81.6 Å². The molecule has 0 spiro atoms. The summed E-state index contributed by atoms with van der Waals surface area (Å²) >= 11 is 0. The highest BCUT2D eigenvalue weighted by molar-refractivity contribution is 5.95. The Labute approximate surface area is 195 Å². The molecule has 176 valence electrons. The molecule has 33 heavy (non-hydrogen) atoms. The summed E-state index contributed by atoms with van der Waals surface area (Å²) in [6.45, 7) is 4.94. The van der Waals surface area contributed by atoms with E-state index in [0.717, 1.165) is 18.8 Å². The van der Waals surface area contributed by atoms with E-state index < -0.39 is 0 Å². The minimum atomic E-state index is -0.0607. The number of nitrogens with one attached hydrogen (secondary N) is 1. The molecule has 2 aromatic carbocycles. The molecular weight excluding hydrogens is 420 g/mol. The van der Waals surface area contributed by atoms with Crippen molar-refractivity contribution in [3.05, 3.63) is 48.0 Å². The van der Waals surface area contributed by atoms with E-state index in [-0.39, 0.29) is 11.8 Å². The van der Waals surface area contributed by atoms with E-state index in [1.54, 1.807) is 37.3 Å². The van der Waals surface area contributed by atoms with Crippen molar-refractivity contribution in [1.82, 2.24) is 9.80 Å². The van der Waals surface area contributed by atoms with Gasteiger partial charge in [0.05, 0.1) is 20.8 Å². The van der Waals surface area contributed by atoms with E-state index in [1.165, 1.54) is 18.5 Å². The van der Waals surface area contributed by atoms with Gasteiger partial charge in [-0.2, -0.15) is 0 Å². The molecule has 2 aromatic rings. The average molecular weight is 453 g/mol. The molecule has 0 bridgehead atoms. The lowest BCUT2D eigenvalue weighted by atomic mass is 10.1. The Morgan fingerprint density at radius 1 is 0.848 bits per heavy atom. The molecule has 2 saturated heterocycles. The third-order valence-electron chi connectivity index (χ3n) is 6.25. The summed E-state index contributed by atoms with van der Waals surface area (Å²) in [5.74, 6) is 1.07. The van der Waals surface area contributed by atoms with Gasteiger partial charge in [-0.05, 0) is 49.2 Å². The van der Waals surface area contributed by atoms with Gasteiger partial charge in [0.15, 0.2) is 0 Å². The first-order valence-corrected chi connectivity index (χ1v) is 11.5. The van der Waals surface area contributed by atoms with Crippen LogP contribution in [0.25, 0.3) is 0 Å². The van der Waals surface area contributed by atoms with Gasteiger partial charge in [-0.25, -0.2) is 0 Å². The Bertz CT molecular complexity index is 943. The molecule has 0 radical (unpaired) electrons. The SMILES string of the molecule is COc1cc(OC)cc(C(=O)N2CCN(CC(=O)Nc3ccc(N4CCCC4)cc3)CC2)c1. The summed E-state index contributed by atoms with van der Waals surface area (Å²) < 4.78 is 10.5. The number of benzene rings is 2. The van der Waals surface area contributed by atoms with Gasteiger partial charge < -0.3 is 24.6 Å². The highest BCUT2D eigenvalue weighted by Gasteiger charge is 2.24. The maximum Gasteiger partial charge on any atom is 0.254 e. The van der Waals surface area contributed by atoms with Gasteiger partial charge in [-0.1, -0.05) is 0 Å². The normalized spacial score (nSPS) is 16.5. The van der Waals surface area contributed by atoms with Crippen LogP contribution in [0.5, 0.6) is 11.5 Å². The zero-order chi connectivity index (χ0) is 23.2. The average Bonchev–Trinajstić information content (AvgIpc) is 3.39. The Balaban J connectivity index is 1.26. The van der Waals surface area contributed by atoms with Gasteiger partial charge in [0, 0.05) is 62.3 Å². The summed E-state index contributed by atoms with van der Waals surface area (Å²) in [6.07, 6.45) is 2.48. The number of piperazine rings is 1. The van der Waals surface area contributed by atoms with Crippen molar-refractivity contribution < 1.29 is 19.1 Å². The molecule has 2 fully saturated rings. The molecule has 2 aliphatic heterocycles. The predicted octanol–water partition coefficient (Wildman–Crippen LogP) is 2.70. The Morgan fingerprint density at radius 3 is 2.03 bits per heavy atom. The molecule has 2 aliphatic rings. The first-order chi connectivity index (χ1) is 16.1. The fraction of sp³-hybridized carbons (Fsp3) is 0.440. The summed E-state index contributed by atoms with van der Waals surface area (Å²) in [4.78, 5) is 31.7. The fourth-order valence-corrected chi connectivity index (χ4v) is 4.36. The molecule has 1 N–H and O–H groups in total. The van der Waals surface area contributed by atoms with E-state index in [4.69, 9.17) is 9.47 Å². The van der Waals surface area contributed by atoms with E-state index in [0.29, 0.717) is 49.8 Å². The smallest absolute Gasteiger partial charge is 0.254 e. The van der Waals surface area contributed by atoms with E-state index in [1.807, 2.05) is 12.1 Å². The molecule has 0 saturated carbocycles. The van der Waals surface area contributed by atoms with Crippen molar-refractivity contribution in [3.63, 3.8) is 0 Å². The predicted molar refractivity (Wildman–Crippen MR) is 128 cm³/mol. The van der Waals surface area contributed by atoms with Gasteiger partial charge in [0.2, 0.25) is 5.91 Å². The molecule has 4 rings (SSSR count). The number of hydrogen-bond donors (Lipinski definition) is 1. The number of carbonyl (C=O) groups is 2. The lowest BCUT2D eigenvalue weighted by molar-refractivity contribution is -0.117. The number of rotatable bonds is 7. The highest BCUT2D eigenvalue weighted by atomic mass is 16.5. The summed E-state index contributed by atoms with van der Waals surface area (Å²) in [5.41, 5.74) is 2.55. The standard InChI is InChI=1S/C25H32N4O4/c1-32-22-15-19(16-23(17-22)33-2)25(31)29-13-11-27(12-14-29)18-24(30)26-20-5-7-21(8-6-20)28-9-3-4-10-28/h5-8,15-17H,3-4,9-14,18H2,1-2H3,(H,26,30). The van der Waals surface area contributed by atoms with Gasteiger partial charge in [-0.15, -0.1) is 0 Å². The van der Waals surface area contributed by atoms with E-state index in [2.05, 4.69) is 27.2 Å². The second-order valence-electron chi connectivity index (χ2n) is 8.46. The molecular formula is C25H32N4O4. The van der Waals surface area contributed by atoms with E-state index >= 15 is 0 Å². The zero-order valence-corrected chi connectivity index (χ0v) is 19.4. The van der Waals surface area contributed by atoms with Crippen LogP contribution in [0.15, 0.2) is 42.5 Å². The topological polar surface area (TPSA) is 74.3 Å². The number of methoxy groups -OCH3 is 2. The second-order valence-corrected chi connectivity index (χ2v) is 8.46. The number of carbonyl (C=O) groups excluding carboxylic acids is 2. The van der Waals surface area contributed by atoms with Crippen LogP contribution in [0.4, 0.5) is 11.4 Å². The summed E-state index contributed by atoms with van der Waals surface area (Å²) in [7, 11) is 3.13. The van der Waals surface area contributed by atoms with Crippen LogP contribution in [0.2, 0.25) is 0 Å². The highest BCUT2D eigenvalue weighted by Crippen LogP contribution is 2.24. The van der Waals surface area contributed by atoms with Crippen molar-refractivity contribution in [1.29, 1.82) is 0 Å². The van der Waals surface area contributed by atoms with Gasteiger partial charge in [0.1, 0.15) is 11.5 Å². The van der Waals surface area contributed by atoms with Crippen LogP contribution in [0.1, 0.15) is 23.2 Å². The van der Waals surface area contributed by atoms with Gasteiger partial charge in [0.25, 0.3) is 5.91 Å². The van der Waals surface area contributed by atoms with Crippen LogP contribution in [0, 0.1) is 0 Å². The van der Waals surface area contributed by atoms with Crippen molar-refractivity contribution >= 4 is 23.2 Å². The molecule has 0 unspecified atom stereocenters. The maximum absolute atomic E-state index is 12.9. The zero-order valence-electron chi connectivity index (χ0n) is 19.4. The number of hydrogen-bond acceptors (Lipinski definition) is 6. The third kappa shape index (κ3) is 5.76. The molecule has 8 heteroatoms. The lowest BCUT2D eigenvalue weighted by Crippen LogP contribution is -2.50. The number of nitrogens with zero attached hydrogens (tertiary/aromatic N) is 3. The minimum absolute atomic E-state index is 0.0405. The van der Waals surface area contributed by atoms with Gasteiger partial charge >= 0.3 is 0 Å². The molecule has 8 nitrogen and oxygen atoms in total. The Kier molecular flexibility index (Phi) is 7.34. The van der Waals surface area contributed by atoms with Crippen LogP contribution in [-0.2, 0) is 4.79 Å². The molecule has 0 aliphatic carbocycles. The molecule has 2 heterocycles. The fourth-order valence-electron chi connectivity index (χ4n) is 4.36. The van der Waals surface area contributed by atoms with Crippen LogP contribution < -0.4 is 19.7 Å². The van der Waals surface area contributed by atoms with Crippen molar-refractivity contribution in [3.8, 4) is 11.5 Å². The summed E-state index contributed by atoms with van der Waals surface area (Å²) in [5, 5.41) is 2.98.